The van der Waals surface area contributed by atoms with Crippen molar-refractivity contribution in [2.75, 3.05) is 6.54 Å². The van der Waals surface area contributed by atoms with Crippen LogP contribution in [0.4, 0.5) is 4.79 Å². The maximum Gasteiger partial charge on any atom is 0.318 e. The zero-order chi connectivity index (χ0) is 15.5. The number of nitrogens with one attached hydrogen (secondary N) is 1. The highest BCUT2D eigenvalue weighted by molar-refractivity contribution is 5.88. The Kier molecular flexibility index (Phi) is 3.96. The van der Waals surface area contributed by atoms with Gasteiger partial charge in [-0.1, -0.05) is 42.5 Å². The van der Waals surface area contributed by atoms with E-state index in [4.69, 9.17) is 5.73 Å². The molecule has 0 aliphatic carbocycles. The first-order valence-corrected chi connectivity index (χ1v) is 7.47. The molecule has 114 valence electrons. The summed E-state index contributed by atoms with van der Waals surface area (Å²) in [6.07, 6.45) is 1.46. The number of nitrogens with zero attached hydrogens (tertiary/aromatic N) is 1. The second kappa shape index (κ2) is 6.05. The van der Waals surface area contributed by atoms with E-state index in [1.807, 2.05) is 42.5 Å². The predicted octanol–water partition coefficient (Wildman–Crippen LogP) is 2.00. The van der Waals surface area contributed by atoms with Gasteiger partial charge in [-0.25, -0.2) is 4.79 Å². The molecule has 3 rings (SSSR count). The molecule has 1 atom stereocenters. The summed E-state index contributed by atoms with van der Waals surface area (Å²) in [5.74, 6) is -0.433. The number of fused-ring (bicyclic) bond motifs is 1. The Morgan fingerprint density at radius 2 is 1.95 bits per heavy atom. The van der Waals surface area contributed by atoms with Crippen molar-refractivity contribution in [3.63, 3.8) is 0 Å². The highest BCUT2D eigenvalue weighted by Gasteiger charge is 2.32. The zero-order valence-corrected chi connectivity index (χ0v) is 12.3. The van der Waals surface area contributed by atoms with Gasteiger partial charge in [-0.05, 0) is 29.2 Å². The summed E-state index contributed by atoms with van der Waals surface area (Å²) in [5, 5.41) is 5.16. The molecular formula is C17H19N3O2. The van der Waals surface area contributed by atoms with Crippen LogP contribution in [-0.2, 0) is 11.3 Å². The van der Waals surface area contributed by atoms with E-state index in [0.29, 0.717) is 19.5 Å². The Balaban J connectivity index is 1.71. The van der Waals surface area contributed by atoms with E-state index in [1.54, 1.807) is 0 Å². The van der Waals surface area contributed by atoms with E-state index < -0.39 is 11.9 Å². The van der Waals surface area contributed by atoms with E-state index >= 15 is 0 Å². The molecule has 1 fully saturated rings. The predicted molar refractivity (Wildman–Crippen MR) is 85.1 cm³/mol. The standard InChI is InChI=1S/C17H19N3O2/c18-16(21)15-9-4-10-20(15)17(22)19-11-13-7-3-6-12-5-1-2-8-14(12)13/h1-3,5-8,15H,4,9-11H2,(H2,18,21)(H,19,22). The maximum absolute atomic E-state index is 12.3. The summed E-state index contributed by atoms with van der Waals surface area (Å²) in [4.78, 5) is 25.2. The lowest BCUT2D eigenvalue weighted by molar-refractivity contribution is -0.121. The molecule has 1 saturated heterocycles. The van der Waals surface area contributed by atoms with Crippen molar-refractivity contribution < 1.29 is 9.59 Å². The number of likely N-dealkylation sites (tertiary alicyclic amines) is 1. The summed E-state index contributed by atoms with van der Waals surface area (Å²) in [6, 6.07) is 13.4. The molecular weight excluding hydrogens is 278 g/mol. The number of hydrogen-bond acceptors (Lipinski definition) is 2. The minimum Gasteiger partial charge on any atom is -0.368 e. The van der Waals surface area contributed by atoms with Gasteiger partial charge in [0.2, 0.25) is 5.91 Å². The average Bonchev–Trinajstić information content (AvgIpc) is 3.02. The van der Waals surface area contributed by atoms with Crippen molar-refractivity contribution in [3.05, 3.63) is 48.0 Å². The summed E-state index contributed by atoms with van der Waals surface area (Å²) >= 11 is 0. The number of hydrogen-bond donors (Lipinski definition) is 2. The lowest BCUT2D eigenvalue weighted by atomic mass is 10.0. The number of carbonyl (C=O) groups is 2. The molecule has 1 aliphatic heterocycles. The van der Waals surface area contributed by atoms with Gasteiger partial charge in [-0.3, -0.25) is 4.79 Å². The van der Waals surface area contributed by atoms with Crippen LogP contribution in [0, 0.1) is 0 Å². The van der Waals surface area contributed by atoms with Crippen LogP contribution < -0.4 is 11.1 Å². The summed E-state index contributed by atoms with van der Waals surface area (Å²) < 4.78 is 0. The van der Waals surface area contributed by atoms with Crippen LogP contribution >= 0.6 is 0 Å². The van der Waals surface area contributed by atoms with Gasteiger partial charge in [0.25, 0.3) is 0 Å². The Labute approximate surface area is 129 Å². The molecule has 1 heterocycles. The Bertz CT molecular complexity index is 709. The highest BCUT2D eigenvalue weighted by atomic mass is 16.2. The van der Waals surface area contributed by atoms with Crippen molar-refractivity contribution >= 4 is 22.7 Å². The number of nitrogens with two attached hydrogens (primary N) is 1. The van der Waals surface area contributed by atoms with Crippen LogP contribution in [0.25, 0.3) is 10.8 Å². The highest BCUT2D eigenvalue weighted by Crippen LogP contribution is 2.19. The molecule has 5 nitrogen and oxygen atoms in total. The fourth-order valence-electron chi connectivity index (χ4n) is 3.02. The van der Waals surface area contributed by atoms with Crippen molar-refractivity contribution in [3.8, 4) is 0 Å². The van der Waals surface area contributed by atoms with Crippen LogP contribution in [0.3, 0.4) is 0 Å². The van der Waals surface area contributed by atoms with Crippen molar-refractivity contribution in [2.45, 2.75) is 25.4 Å². The molecule has 0 spiro atoms. The molecule has 0 saturated carbocycles. The van der Waals surface area contributed by atoms with Crippen molar-refractivity contribution in [2.24, 2.45) is 5.73 Å². The van der Waals surface area contributed by atoms with Gasteiger partial charge in [-0.2, -0.15) is 0 Å². The van der Waals surface area contributed by atoms with Crippen LogP contribution in [0.15, 0.2) is 42.5 Å². The molecule has 3 amide bonds. The molecule has 0 aromatic heterocycles. The maximum atomic E-state index is 12.3. The van der Waals surface area contributed by atoms with Gasteiger partial charge in [0.15, 0.2) is 0 Å². The number of carbonyl (C=O) groups excluding carboxylic acids is 2. The molecule has 2 aromatic rings. The quantitative estimate of drug-likeness (QED) is 0.909. The fraction of sp³-hybridized carbons (Fsp3) is 0.294. The van der Waals surface area contributed by atoms with Gasteiger partial charge < -0.3 is 16.0 Å². The van der Waals surface area contributed by atoms with Gasteiger partial charge in [0.1, 0.15) is 6.04 Å². The number of amides is 3. The Morgan fingerprint density at radius 1 is 1.18 bits per heavy atom. The van der Waals surface area contributed by atoms with Crippen LogP contribution in [0.1, 0.15) is 18.4 Å². The van der Waals surface area contributed by atoms with E-state index in [1.165, 1.54) is 4.90 Å². The molecule has 2 aromatic carbocycles. The molecule has 22 heavy (non-hydrogen) atoms. The third-order valence-electron chi connectivity index (χ3n) is 4.15. The lowest BCUT2D eigenvalue weighted by Crippen LogP contribution is -2.47. The largest absolute Gasteiger partial charge is 0.368 e. The van der Waals surface area contributed by atoms with Crippen molar-refractivity contribution in [1.82, 2.24) is 10.2 Å². The Morgan fingerprint density at radius 3 is 2.77 bits per heavy atom. The number of rotatable bonds is 3. The number of primary amides is 1. The van der Waals surface area contributed by atoms with Gasteiger partial charge in [0, 0.05) is 13.1 Å². The van der Waals surface area contributed by atoms with Crippen LogP contribution in [0.5, 0.6) is 0 Å². The van der Waals surface area contributed by atoms with Gasteiger partial charge in [0.05, 0.1) is 0 Å². The van der Waals surface area contributed by atoms with E-state index in [0.717, 1.165) is 22.8 Å². The van der Waals surface area contributed by atoms with E-state index in [9.17, 15) is 9.59 Å². The molecule has 3 N–H and O–H groups in total. The van der Waals surface area contributed by atoms with Crippen LogP contribution in [-0.4, -0.2) is 29.4 Å². The monoisotopic (exact) mass is 297 g/mol. The van der Waals surface area contributed by atoms with Gasteiger partial charge >= 0.3 is 6.03 Å². The SMILES string of the molecule is NC(=O)C1CCCN1C(=O)NCc1cccc2ccccc12. The normalized spacial score (nSPS) is 17.6. The summed E-state index contributed by atoms with van der Waals surface area (Å²) in [7, 11) is 0. The second-order valence-electron chi connectivity index (χ2n) is 5.55. The second-order valence-corrected chi connectivity index (χ2v) is 5.55. The fourth-order valence-corrected chi connectivity index (χ4v) is 3.02. The third-order valence-corrected chi connectivity index (χ3v) is 4.15. The Hall–Kier alpha value is -2.56. The molecule has 0 radical (unpaired) electrons. The number of urea groups is 1. The third kappa shape index (κ3) is 2.74. The smallest absolute Gasteiger partial charge is 0.318 e. The number of benzene rings is 2. The first-order valence-electron chi connectivity index (χ1n) is 7.47. The lowest BCUT2D eigenvalue weighted by Gasteiger charge is -2.22. The average molecular weight is 297 g/mol. The topological polar surface area (TPSA) is 75.4 Å². The molecule has 0 bridgehead atoms. The minimum atomic E-state index is -0.479. The minimum absolute atomic E-state index is 0.228. The molecule has 5 heteroatoms. The van der Waals surface area contributed by atoms with Crippen molar-refractivity contribution in [1.29, 1.82) is 0 Å². The first-order chi connectivity index (χ1) is 10.7. The molecule has 1 aliphatic rings. The molecule has 1 unspecified atom stereocenters. The summed E-state index contributed by atoms with van der Waals surface area (Å²) in [5.41, 5.74) is 6.40. The van der Waals surface area contributed by atoms with E-state index in [2.05, 4.69) is 5.32 Å². The van der Waals surface area contributed by atoms with Gasteiger partial charge in [-0.15, -0.1) is 0 Å². The van der Waals surface area contributed by atoms with E-state index in [-0.39, 0.29) is 6.03 Å². The summed E-state index contributed by atoms with van der Waals surface area (Å²) in [6.45, 7) is 1.01. The first kappa shape index (κ1) is 14.4. The van der Waals surface area contributed by atoms with Crippen LogP contribution in [0.2, 0.25) is 0 Å². The zero-order valence-electron chi connectivity index (χ0n) is 12.3.